The molecule has 1 aromatic rings. The molecule has 0 radical (unpaired) electrons. The molecule has 1 N–H and O–H groups in total. The maximum Gasteiger partial charge on any atom is 0.236 e. The Bertz CT molecular complexity index is 475. The quantitative estimate of drug-likeness (QED) is 0.889. The minimum atomic E-state index is -0.619. The highest BCUT2D eigenvalue weighted by Gasteiger charge is 2.17. The van der Waals surface area contributed by atoms with Gasteiger partial charge in [0.05, 0.1) is 6.54 Å². The van der Waals surface area contributed by atoms with Crippen LogP contribution in [0.2, 0.25) is 0 Å². The van der Waals surface area contributed by atoms with Crippen molar-refractivity contribution in [2.24, 2.45) is 0 Å². The second-order valence-electron chi connectivity index (χ2n) is 5.01. The van der Waals surface area contributed by atoms with E-state index in [0.29, 0.717) is 12.1 Å². The minimum absolute atomic E-state index is 0.0596. The fourth-order valence-corrected chi connectivity index (χ4v) is 2.17. The lowest BCUT2D eigenvalue weighted by Crippen LogP contribution is -2.47. The second kappa shape index (κ2) is 6.76. The second-order valence-corrected chi connectivity index (χ2v) is 5.01. The molecule has 110 valence electrons. The van der Waals surface area contributed by atoms with Crippen molar-refractivity contribution >= 4 is 5.91 Å². The van der Waals surface area contributed by atoms with E-state index in [1.165, 1.54) is 17.0 Å². The van der Waals surface area contributed by atoms with E-state index in [2.05, 4.69) is 10.2 Å². The summed E-state index contributed by atoms with van der Waals surface area (Å²) >= 11 is 0. The average Bonchev–Trinajstić information content (AvgIpc) is 2.43. The third-order valence-electron chi connectivity index (χ3n) is 3.42. The molecule has 1 heterocycles. The molecule has 1 saturated heterocycles. The van der Waals surface area contributed by atoms with Crippen molar-refractivity contribution in [2.75, 3.05) is 39.8 Å². The lowest BCUT2D eigenvalue weighted by atomic mass is 10.2. The van der Waals surface area contributed by atoms with E-state index in [1.54, 1.807) is 7.05 Å². The van der Waals surface area contributed by atoms with Gasteiger partial charge in [-0.1, -0.05) is 6.07 Å². The van der Waals surface area contributed by atoms with Crippen molar-refractivity contribution in [3.8, 4) is 0 Å². The van der Waals surface area contributed by atoms with Crippen LogP contribution in [-0.2, 0) is 11.3 Å². The van der Waals surface area contributed by atoms with Crippen LogP contribution >= 0.6 is 0 Å². The number of piperazine rings is 1. The molecular formula is C14H19F2N3O. The first kappa shape index (κ1) is 14.9. The highest BCUT2D eigenvalue weighted by atomic mass is 19.1. The molecule has 0 aliphatic carbocycles. The number of amides is 1. The van der Waals surface area contributed by atoms with Gasteiger partial charge in [0.25, 0.3) is 0 Å². The van der Waals surface area contributed by atoms with Gasteiger partial charge in [-0.25, -0.2) is 8.78 Å². The van der Waals surface area contributed by atoms with Gasteiger partial charge in [-0.15, -0.1) is 0 Å². The summed E-state index contributed by atoms with van der Waals surface area (Å²) in [6, 6.07) is 3.41. The number of carbonyl (C=O) groups is 1. The van der Waals surface area contributed by atoms with Crippen molar-refractivity contribution in [3.63, 3.8) is 0 Å². The molecule has 1 aromatic carbocycles. The lowest BCUT2D eigenvalue weighted by Gasteiger charge is -2.28. The largest absolute Gasteiger partial charge is 0.340 e. The summed E-state index contributed by atoms with van der Waals surface area (Å²) in [5.74, 6) is -1.29. The summed E-state index contributed by atoms with van der Waals surface area (Å²) in [6.45, 7) is 3.92. The minimum Gasteiger partial charge on any atom is -0.340 e. The first-order valence-corrected chi connectivity index (χ1v) is 6.67. The third-order valence-corrected chi connectivity index (χ3v) is 3.42. The summed E-state index contributed by atoms with van der Waals surface area (Å²) in [5.41, 5.74) is 0.322. The Kier molecular flexibility index (Phi) is 5.03. The molecular weight excluding hydrogens is 264 g/mol. The van der Waals surface area contributed by atoms with Gasteiger partial charge in [-0.05, 0) is 6.07 Å². The molecule has 2 rings (SSSR count). The van der Waals surface area contributed by atoms with Crippen molar-refractivity contribution in [3.05, 3.63) is 35.4 Å². The topological polar surface area (TPSA) is 35.6 Å². The first-order chi connectivity index (χ1) is 9.56. The van der Waals surface area contributed by atoms with E-state index in [-0.39, 0.29) is 12.5 Å². The lowest BCUT2D eigenvalue weighted by molar-refractivity contribution is -0.131. The zero-order valence-corrected chi connectivity index (χ0v) is 11.5. The van der Waals surface area contributed by atoms with E-state index in [1.807, 2.05) is 0 Å². The van der Waals surface area contributed by atoms with Gasteiger partial charge in [0.2, 0.25) is 5.91 Å². The van der Waals surface area contributed by atoms with E-state index in [0.717, 1.165) is 32.2 Å². The standard InChI is InChI=1S/C14H19F2N3O/c1-18(9-11-2-3-12(15)8-13(11)16)14(20)10-19-6-4-17-5-7-19/h2-3,8,17H,4-7,9-10H2,1H3. The van der Waals surface area contributed by atoms with Gasteiger partial charge in [-0.2, -0.15) is 0 Å². The predicted octanol–water partition coefficient (Wildman–Crippen LogP) is 0.828. The number of nitrogens with zero attached hydrogens (tertiary/aromatic N) is 2. The van der Waals surface area contributed by atoms with Crippen LogP contribution in [0.4, 0.5) is 8.78 Å². The molecule has 1 fully saturated rings. The molecule has 1 amide bonds. The molecule has 4 nitrogen and oxygen atoms in total. The molecule has 0 aromatic heterocycles. The Balaban J connectivity index is 1.89. The molecule has 0 spiro atoms. The average molecular weight is 283 g/mol. The summed E-state index contributed by atoms with van der Waals surface area (Å²) in [4.78, 5) is 15.6. The molecule has 6 heteroatoms. The van der Waals surface area contributed by atoms with Gasteiger partial charge < -0.3 is 10.2 Å². The molecule has 0 saturated carbocycles. The maximum atomic E-state index is 13.5. The number of likely N-dealkylation sites (N-methyl/N-ethyl adjacent to an activating group) is 1. The van der Waals surface area contributed by atoms with Gasteiger partial charge >= 0.3 is 0 Å². The van der Waals surface area contributed by atoms with Crippen LogP contribution in [0, 0.1) is 11.6 Å². The zero-order valence-electron chi connectivity index (χ0n) is 11.5. The Labute approximate surface area is 117 Å². The van der Waals surface area contributed by atoms with Crippen LogP contribution in [0.3, 0.4) is 0 Å². The van der Waals surface area contributed by atoms with Crippen molar-refractivity contribution < 1.29 is 13.6 Å². The number of carbonyl (C=O) groups excluding carboxylic acids is 1. The molecule has 0 unspecified atom stereocenters. The van der Waals surface area contributed by atoms with E-state index in [4.69, 9.17) is 0 Å². The number of benzene rings is 1. The SMILES string of the molecule is CN(Cc1ccc(F)cc1F)C(=O)CN1CCNCC1. The van der Waals surface area contributed by atoms with Gasteiger partial charge in [-0.3, -0.25) is 9.69 Å². The van der Waals surface area contributed by atoms with Crippen molar-refractivity contribution in [1.82, 2.24) is 15.1 Å². The smallest absolute Gasteiger partial charge is 0.236 e. The fourth-order valence-electron chi connectivity index (χ4n) is 2.17. The molecule has 0 bridgehead atoms. The summed E-state index contributed by atoms with van der Waals surface area (Å²) in [6.07, 6.45) is 0. The molecule has 0 atom stereocenters. The highest BCUT2D eigenvalue weighted by Crippen LogP contribution is 2.11. The van der Waals surface area contributed by atoms with Gasteiger partial charge in [0.15, 0.2) is 0 Å². The van der Waals surface area contributed by atoms with E-state index in [9.17, 15) is 13.6 Å². The monoisotopic (exact) mass is 283 g/mol. The summed E-state index contributed by atoms with van der Waals surface area (Å²) in [5, 5.41) is 3.22. The van der Waals surface area contributed by atoms with Gasteiger partial charge in [0, 0.05) is 51.4 Å². The zero-order chi connectivity index (χ0) is 14.5. The van der Waals surface area contributed by atoms with Crippen LogP contribution in [0.25, 0.3) is 0 Å². The number of nitrogens with one attached hydrogen (secondary N) is 1. The third kappa shape index (κ3) is 3.98. The number of hydrogen-bond donors (Lipinski definition) is 1. The fraction of sp³-hybridized carbons (Fsp3) is 0.500. The molecule has 20 heavy (non-hydrogen) atoms. The maximum absolute atomic E-state index is 13.5. The van der Waals surface area contributed by atoms with Crippen LogP contribution < -0.4 is 5.32 Å². The molecule has 1 aliphatic heterocycles. The normalized spacial score (nSPS) is 16.1. The Morgan fingerprint density at radius 2 is 2.05 bits per heavy atom. The molecule has 1 aliphatic rings. The number of rotatable bonds is 4. The van der Waals surface area contributed by atoms with Crippen LogP contribution in [0.5, 0.6) is 0 Å². The Morgan fingerprint density at radius 3 is 2.70 bits per heavy atom. The van der Waals surface area contributed by atoms with E-state index >= 15 is 0 Å². The summed E-state index contributed by atoms with van der Waals surface area (Å²) in [7, 11) is 1.63. The van der Waals surface area contributed by atoms with Crippen LogP contribution in [0.15, 0.2) is 18.2 Å². The van der Waals surface area contributed by atoms with Crippen molar-refractivity contribution in [2.45, 2.75) is 6.54 Å². The first-order valence-electron chi connectivity index (χ1n) is 6.67. The van der Waals surface area contributed by atoms with Crippen molar-refractivity contribution in [1.29, 1.82) is 0 Å². The van der Waals surface area contributed by atoms with Crippen LogP contribution in [-0.4, -0.2) is 55.5 Å². The number of halogens is 2. The highest BCUT2D eigenvalue weighted by molar-refractivity contribution is 5.78. The Morgan fingerprint density at radius 1 is 1.35 bits per heavy atom. The Hall–Kier alpha value is -1.53. The number of hydrogen-bond acceptors (Lipinski definition) is 3. The van der Waals surface area contributed by atoms with Crippen LogP contribution in [0.1, 0.15) is 5.56 Å². The van der Waals surface area contributed by atoms with Gasteiger partial charge in [0.1, 0.15) is 11.6 Å². The van der Waals surface area contributed by atoms with E-state index < -0.39 is 11.6 Å². The predicted molar refractivity (Wildman–Crippen MR) is 72.1 cm³/mol. The summed E-state index contributed by atoms with van der Waals surface area (Å²) < 4.78 is 26.4.